The summed E-state index contributed by atoms with van der Waals surface area (Å²) in [5.74, 6) is 0.346. The lowest BCUT2D eigenvalue weighted by Gasteiger charge is -2.34. The molecule has 0 aliphatic carbocycles. The SMILES string of the molecule is COc1ccnc(N2CCN(c3ccnc(C(F)(F)F)c3)C(=O)C2)n1. The smallest absolute Gasteiger partial charge is 0.433 e. The molecular formula is C15H14F3N5O2. The molecular weight excluding hydrogens is 339 g/mol. The van der Waals surface area contributed by atoms with Crippen molar-refractivity contribution in [1.29, 1.82) is 0 Å². The van der Waals surface area contributed by atoms with Crippen LogP contribution in [0.15, 0.2) is 30.6 Å². The van der Waals surface area contributed by atoms with Crippen LogP contribution in [0.2, 0.25) is 0 Å². The monoisotopic (exact) mass is 353 g/mol. The maximum atomic E-state index is 12.8. The van der Waals surface area contributed by atoms with Crippen molar-refractivity contribution >= 4 is 17.5 Å². The van der Waals surface area contributed by atoms with E-state index in [0.717, 1.165) is 12.3 Å². The van der Waals surface area contributed by atoms with E-state index in [1.807, 2.05) is 0 Å². The Balaban J connectivity index is 1.77. The number of halogens is 3. The lowest BCUT2D eigenvalue weighted by molar-refractivity contribution is -0.141. The maximum absolute atomic E-state index is 12.8. The summed E-state index contributed by atoms with van der Waals surface area (Å²) in [5, 5.41) is 0. The van der Waals surface area contributed by atoms with Crippen LogP contribution in [0.1, 0.15) is 5.69 Å². The molecule has 0 unspecified atom stereocenters. The Labute approximate surface area is 141 Å². The number of piperazine rings is 1. The number of pyridine rings is 1. The van der Waals surface area contributed by atoms with Gasteiger partial charge < -0.3 is 14.5 Å². The van der Waals surface area contributed by atoms with Gasteiger partial charge >= 0.3 is 6.18 Å². The standard InChI is InChI=1S/C15H14F3N5O2/c1-25-12-3-5-20-14(21-12)22-6-7-23(13(24)9-22)10-2-4-19-11(8-10)15(16,17)18/h2-5,8H,6-7,9H2,1H3. The van der Waals surface area contributed by atoms with Gasteiger partial charge in [-0.25, -0.2) is 4.98 Å². The molecule has 1 fully saturated rings. The first-order chi connectivity index (χ1) is 11.9. The predicted molar refractivity (Wildman–Crippen MR) is 82.4 cm³/mol. The number of amides is 1. The van der Waals surface area contributed by atoms with E-state index < -0.39 is 11.9 Å². The highest BCUT2D eigenvalue weighted by Crippen LogP contribution is 2.30. The summed E-state index contributed by atoms with van der Waals surface area (Å²) in [6, 6.07) is 3.83. The van der Waals surface area contributed by atoms with Crippen molar-refractivity contribution in [3.63, 3.8) is 0 Å². The molecule has 3 heterocycles. The van der Waals surface area contributed by atoms with Gasteiger partial charge in [-0.15, -0.1) is 0 Å². The fraction of sp³-hybridized carbons (Fsp3) is 0.333. The number of hydrogen-bond donors (Lipinski definition) is 0. The van der Waals surface area contributed by atoms with Crippen molar-refractivity contribution in [2.45, 2.75) is 6.18 Å². The fourth-order valence-corrected chi connectivity index (χ4v) is 2.46. The summed E-state index contributed by atoms with van der Waals surface area (Å²) >= 11 is 0. The molecule has 2 aromatic rings. The number of alkyl halides is 3. The summed E-state index contributed by atoms with van der Waals surface area (Å²) in [6.07, 6.45) is -2.01. The third-order valence-corrected chi connectivity index (χ3v) is 3.68. The Morgan fingerprint density at radius 2 is 1.92 bits per heavy atom. The zero-order valence-electron chi connectivity index (χ0n) is 13.2. The van der Waals surface area contributed by atoms with Gasteiger partial charge in [0.1, 0.15) is 12.2 Å². The summed E-state index contributed by atoms with van der Waals surface area (Å²) in [6.45, 7) is 0.542. The van der Waals surface area contributed by atoms with Gasteiger partial charge in [-0.1, -0.05) is 0 Å². The lowest BCUT2D eigenvalue weighted by atomic mass is 10.2. The topological polar surface area (TPSA) is 71.5 Å². The van der Waals surface area contributed by atoms with Crippen molar-refractivity contribution in [2.24, 2.45) is 0 Å². The van der Waals surface area contributed by atoms with Crippen LogP contribution < -0.4 is 14.5 Å². The van der Waals surface area contributed by atoms with Crippen molar-refractivity contribution < 1.29 is 22.7 Å². The summed E-state index contributed by atoms with van der Waals surface area (Å²) in [7, 11) is 1.47. The minimum atomic E-state index is -4.56. The zero-order valence-corrected chi connectivity index (χ0v) is 13.2. The number of methoxy groups -OCH3 is 1. The van der Waals surface area contributed by atoms with Gasteiger partial charge in [0, 0.05) is 37.2 Å². The quantitative estimate of drug-likeness (QED) is 0.837. The number of ether oxygens (including phenoxy) is 1. The summed E-state index contributed by atoms with van der Waals surface area (Å²) in [5.41, 5.74) is -0.866. The predicted octanol–water partition coefficient (Wildman–Crippen LogP) is 1.75. The van der Waals surface area contributed by atoms with Gasteiger partial charge in [0.15, 0.2) is 0 Å². The van der Waals surface area contributed by atoms with E-state index in [-0.39, 0.29) is 24.7 Å². The first-order valence-electron chi connectivity index (χ1n) is 7.34. The molecule has 0 aromatic carbocycles. The molecule has 3 rings (SSSR count). The molecule has 132 valence electrons. The Morgan fingerprint density at radius 3 is 2.60 bits per heavy atom. The molecule has 0 radical (unpaired) electrons. The van der Waals surface area contributed by atoms with Crippen LogP contribution in [0.25, 0.3) is 0 Å². The van der Waals surface area contributed by atoms with Gasteiger partial charge in [0.2, 0.25) is 17.7 Å². The number of carbonyl (C=O) groups is 1. The first kappa shape index (κ1) is 16.9. The van der Waals surface area contributed by atoms with Gasteiger partial charge in [-0.05, 0) is 12.1 Å². The molecule has 1 saturated heterocycles. The average Bonchev–Trinajstić information content (AvgIpc) is 2.61. The van der Waals surface area contributed by atoms with Gasteiger partial charge in [0.05, 0.1) is 7.11 Å². The number of carbonyl (C=O) groups excluding carboxylic acids is 1. The Bertz CT molecular complexity index is 784. The molecule has 1 amide bonds. The van der Waals surface area contributed by atoms with Crippen LogP contribution in [0, 0.1) is 0 Å². The largest absolute Gasteiger partial charge is 0.481 e. The van der Waals surface area contributed by atoms with Crippen molar-refractivity contribution in [3.05, 3.63) is 36.3 Å². The third kappa shape index (κ3) is 3.62. The normalized spacial score (nSPS) is 15.4. The van der Waals surface area contributed by atoms with Crippen LogP contribution >= 0.6 is 0 Å². The van der Waals surface area contributed by atoms with Crippen LogP contribution in [0.4, 0.5) is 24.8 Å². The highest BCUT2D eigenvalue weighted by Gasteiger charge is 2.34. The minimum absolute atomic E-state index is 0.0448. The van der Waals surface area contributed by atoms with E-state index in [1.165, 1.54) is 24.3 Å². The number of aromatic nitrogens is 3. The first-order valence-corrected chi connectivity index (χ1v) is 7.34. The van der Waals surface area contributed by atoms with Gasteiger partial charge in [-0.2, -0.15) is 18.2 Å². The Hall–Kier alpha value is -2.91. The van der Waals surface area contributed by atoms with Crippen LogP contribution in [-0.4, -0.2) is 47.6 Å². The molecule has 1 aliphatic rings. The molecule has 10 heteroatoms. The van der Waals surface area contributed by atoms with E-state index in [0.29, 0.717) is 18.4 Å². The molecule has 0 N–H and O–H groups in total. The van der Waals surface area contributed by atoms with Crippen LogP contribution in [-0.2, 0) is 11.0 Å². The lowest BCUT2D eigenvalue weighted by Crippen LogP contribution is -2.51. The van der Waals surface area contributed by atoms with E-state index in [2.05, 4.69) is 15.0 Å². The fourth-order valence-electron chi connectivity index (χ4n) is 2.46. The molecule has 0 spiro atoms. The molecule has 0 bridgehead atoms. The second kappa shape index (κ2) is 6.54. The molecule has 0 atom stereocenters. The number of nitrogens with zero attached hydrogens (tertiary/aromatic N) is 5. The summed E-state index contributed by atoms with van der Waals surface area (Å²) < 4.78 is 43.4. The van der Waals surface area contributed by atoms with E-state index in [1.54, 1.807) is 11.0 Å². The molecule has 7 nitrogen and oxygen atoms in total. The van der Waals surface area contributed by atoms with Gasteiger partial charge in [0.25, 0.3) is 0 Å². The molecule has 0 saturated carbocycles. The van der Waals surface area contributed by atoms with Crippen molar-refractivity contribution in [3.8, 4) is 5.88 Å². The Kier molecular flexibility index (Phi) is 4.43. The third-order valence-electron chi connectivity index (χ3n) is 3.68. The van der Waals surface area contributed by atoms with E-state index >= 15 is 0 Å². The second-order valence-electron chi connectivity index (χ2n) is 5.26. The molecule has 1 aliphatic heterocycles. The number of rotatable bonds is 3. The van der Waals surface area contributed by atoms with Crippen LogP contribution in [0.3, 0.4) is 0 Å². The zero-order chi connectivity index (χ0) is 18.0. The molecule has 2 aromatic heterocycles. The minimum Gasteiger partial charge on any atom is -0.481 e. The number of hydrogen-bond acceptors (Lipinski definition) is 6. The Morgan fingerprint density at radius 1 is 1.16 bits per heavy atom. The second-order valence-corrected chi connectivity index (χ2v) is 5.26. The highest BCUT2D eigenvalue weighted by atomic mass is 19.4. The van der Waals surface area contributed by atoms with E-state index in [4.69, 9.17) is 4.74 Å². The number of anilines is 2. The summed E-state index contributed by atoms with van der Waals surface area (Å²) in [4.78, 5) is 26.9. The van der Waals surface area contributed by atoms with Gasteiger partial charge in [-0.3, -0.25) is 9.78 Å². The van der Waals surface area contributed by atoms with Crippen LogP contribution in [0.5, 0.6) is 5.88 Å². The highest BCUT2D eigenvalue weighted by molar-refractivity contribution is 5.97. The molecule has 25 heavy (non-hydrogen) atoms. The average molecular weight is 353 g/mol. The van der Waals surface area contributed by atoms with Crippen molar-refractivity contribution in [2.75, 3.05) is 36.5 Å². The van der Waals surface area contributed by atoms with E-state index in [9.17, 15) is 18.0 Å². The maximum Gasteiger partial charge on any atom is 0.433 e. The van der Waals surface area contributed by atoms with Crippen molar-refractivity contribution in [1.82, 2.24) is 15.0 Å².